The molecular weight excluding hydrogens is 527 g/mol. The average Bonchev–Trinajstić information content (AvgIpc) is 3.00. The monoisotopic (exact) mass is 550 g/mol. The quantitative estimate of drug-likeness (QED) is 0.191. The molecule has 1 unspecified atom stereocenters. The third-order valence-corrected chi connectivity index (χ3v) is 13.5. The largest absolute Gasteiger partial charge is 0.460 e. The van der Waals surface area contributed by atoms with Crippen LogP contribution in [0.15, 0.2) is 121 Å². The van der Waals surface area contributed by atoms with Crippen molar-refractivity contribution < 1.29 is 9.47 Å². The molecule has 1 aliphatic carbocycles. The van der Waals surface area contributed by atoms with Gasteiger partial charge in [0.2, 0.25) is 0 Å². The molecule has 1 atom stereocenters. The zero-order valence-electron chi connectivity index (χ0n) is 21.6. The van der Waals surface area contributed by atoms with Crippen LogP contribution in [-0.2, 0) is 18.2 Å². The lowest BCUT2D eigenvalue weighted by Crippen LogP contribution is -2.32. The molecule has 0 fully saturated rings. The van der Waals surface area contributed by atoms with Gasteiger partial charge >= 0.3 is 0 Å². The Balaban J connectivity index is 1.39. The third kappa shape index (κ3) is 2.97. The molecule has 0 aromatic heterocycles. The Labute approximate surface area is 237 Å². The van der Waals surface area contributed by atoms with E-state index in [1.54, 1.807) is 0 Å². The molecule has 0 saturated carbocycles. The number of hydrogen-bond acceptors (Lipinski definition) is 3. The Kier molecular flexibility index (Phi) is 4.62. The molecule has 0 bridgehead atoms. The zero-order valence-corrected chi connectivity index (χ0v) is 23.3. The summed E-state index contributed by atoms with van der Waals surface area (Å²) in [6.45, 7) is 0. The van der Waals surface area contributed by atoms with E-state index in [0.717, 1.165) is 57.6 Å². The molecule has 2 nitrogen and oxygen atoms in total. The van der Waals surface area contributed by atoms with Crippen molar-refractivity contribution in [1.29, 1.82) is 0 Å². The van der Waals surface area contributed by atoms with E-state index in [-0.39, 0.29) is 0 Å². The molecule has 4 heteroatoms. The fourth-order valence-electron chi connectivity index (χ4n) is 6.84. The molecule has 0 amide bonds. The van der Waals surface area contributed by atoms with Crippen LogP contribution in [0.25, 0.3) is 38.0 Å². The lowest BCUT2D eigenvalue weighted by molar-refractivity contribution is 0.402. The highest BCUT2D eigenvalue weighted by Crippen LogP contribution is 2.69. The van der Waals surface area contributed by atoms with Gasteiger partial charge in [-0.05, 0) is 68.4 Å². The van der Waals surface area contributed by atoms with Gasteiger partial charge in [-0.2, -0.15) is 0 Å². The number of rotatable bonds is 1. The van der Waals surface area contributed by atoms with E-state index in [4.69, 9.17) is 21.3 Å². The molecule has 0 spiro atoms. The third-order valence-electron chi connectivity index (χ3n) is 8.56. The summed E-state index contributed by atoms with van der Waals surface area (Å²) in [6, 6.07) is 38.4. The van der Waals surface area contributed by atoms with Gasteiger partial charge in [-0.15, -0.1) is 0 Å². The summed E-state index contributed by atoms with van der Waals surface area (Å²) in [5.74, 6) is 3.56. The van der Waals surface area contributed by atoms with Gasteiger partial charge < -0.3 is 9.47 Å². The number of benzene rings is 6. The van der Waals surface area contributed by atoms with Crippen LogP contribution in [-0.4, -0.2) is 0 Å². The zero-order chi connectivity index (χ0) is 26.4. The van der Waals surface area contributed by atoms with Crippen LogP contribution in [0.5, 0.6) is 17.2 Å². The van der Waals surface area contributed by atoms with Crippen LogP contribution >= 0.6 is 6.04 Å². The molecule has 0 N–H and O–H groups in total. The van der Waals surface area contributed by atoms with Gasteiger partial charge in [-0.3, -0.25) is 0 Å². The van der Waals surface area contributed by atoms with Crippen molar-refractivity contribution in [2.45, 2.75) is 12.8 Å². The SMILES string of the molecule is S=P12C3=C(CCc4ccccc43)Oc3cc(-c4cccc5ccccc45)cc(c31)Oc1ccc3ccccc3c12. The Morgan fingerprint density at radius 3 is 2.10 bits per heavy atom. The molecule has 2 aliphatic heterocycles. The minimum atomic E-state index is -2.53. The number of allylic oxidation sites excluding steroid dienone is 1. The Bertz CT molecular complexity index is 2150. The lowest BCUT2D eigenvalue weighted by Gasteiger charge is -2.41. The predicted octanol–water partition coefficient (Wildman–Crippen LogP) is 8.90. The van der Waals surface area contributed by atoms with Crippen LogP contribution in [0.1, 0.15) is 17.5 Å². The van der Waals surface area contributed by atoms with Gasteiger partial charge in [0.15, 0.2) is 0 Å². The van der Waals surface area contributed by atoms with Crippen LogP contribution < -0.4 is 20.1 Å². The number of ether oxygens (including phenoxy) is 2. The maximum absolute atomic E-state index is 7.03. The van der Waals surface area contributed by atoms with Gasteiger partial charge in [-0.25, -0.2) is 0 Å². The van der Waals surface area contributed by atoms with Crippen LogP contribution in [0.3, 0.4) is 0 Å². The standard InChI is InChI=1S/C36H23O2PS/c40-39-34-28-13-5-2-9-23(28)16-18-30(34)37-32-20-25(27-15-7-11-22-8-1-4-12-26(22)27)21-33(36(32)39)38-31-19-17-24-10-3-6-14-29(24)35(31)39/h1-16,18,20-21H,17,19H2. The van der Waals surface area contributed by atoms with Gasteiger partial charge in [0.05, 0.1) is 11.3 Å². The molecule has 9 rings (SSSR count). The van der Waals surface area contributed by atoms with Gasteiger partial charge in [-0.1, -0.05) is 109 Å². The molecule has 0 radical (unpaired) electrons. The number of hydrogen-bond donors (Lipinski definition) is 0. The molecule has 6 aromatic rings. The summed E-state index contributed by atoms with van der Waals surface area (Å²) in [6.07, 6.45) is 1.80. The van der Waals surface area contributed by atoms with E-state index >= 15 is 0 Å². The first-order chi connectivity index (χ1) is 19.7. The summed E-state index contributed by atoms with van der Waals surface area (Å²) in [5, 5.41) is 8.19. The molecule has 190 valence electrons. The minimum absolute atomic E-state index is 0.821. The van der Waals surface area contributed by atoms with E-state index in [1.165, 1.54) is 38.0 Å². The molecular formula is C36H23O2PS. The van der Waals surface area contributed by atoms with E-state index in [9.17, 15) is 0 Å². The van der Waals surface area contributed by atoms with Crippen LogP contribution in [0, 0.1) is 0 Å². The first-order valence-electron chi connectivity index (χ1n) is 13.7. The second-order valence-corrected chi connectivity index (χ2v) is 14.9. The second-order valence-electron chi connectivity index (χ2n) is 10.7. The van der Waals surface area contributed by atoms with E-state index in [1.807, 2.05) is 0 Å². The van der Waals surface area contributed by atoms with Gasteiger partial charge in [0.1, 0.15) is 23.0 Å². The molecule has 3 aliphatic rings. The van der Waals surface area contributed by atoms with Gasteiger partial charge in [0.25, 0.3) is 0 Å². The van der Waals surface area contributed by atoms with Crippen LogP contribution in [0.4, 0.5) is 0 Å². The van der Waals surface area contributed by atoms with E-state index in [2.05, 4.69) is 115 Å². The van der Waals surface area contributed by atoms with Crippen molar-refractivity contribution in [1.82, 2.24) is 0 Å². The highest BCUT2D eigenvalue weighted by molar-refractivity contribution is 8.27. The van der Waals surface area contributed by atoms with Crippen molar-refractivity contribution in [2.75, 3.05) is 0 Å². The second kappa shape index (κ2) is 8.17. The summed E-state index contributed by atoms with van der Waals surface area (Å²) in [7, 11) is 0. The predicted molar refractivity (Wildman–Crippen MR) is 169 cm³/mol. The van der Waals surface area contributed by atoms with Crippen LogP contribution in [0.2, 0.25) is 0 Å². The maximum atomic E-state index is 7.03. The minimum Gasteiger partial charge on any atom is -0.460 e. The number of fused-ring (bicyclic) bond motifs is 8. The molecule has 0 saturated heterocycles. The first-order valence-corrected chi connectivity index (χ1v) is 16.5. The highest BCUT2D eigenvalue weighted by atomic mass is 32.4. The summed E-state index contributed by atoms with van der Waals surface area (Å²) in [5.41, 5.74) is 4.83. The van der Waals surface area contributed by atoms with Crippen molar-refractivity contribution in [3.63, 3.8) is 0 Å². The van der Waals surface area contributed by atoms with Gasteiger partial charge in [0, 0.05) is 17.0 Å². The smallest absolute Gasteiger partial charge is 0.140 e. The highest BCUT2D eigenvalue weighted by Gasteiger charge is 2.47. The molecule has 6 aromatic carbocycles. The molecule has 40 heavy (non-hydrogen) atoms. The summed E-state index contributed by atoms with van der Waals surface area (Å²) in [4.78, 5) is 0. The maximum Gasteiger partial charge on any atom is 0.140 e. The summed E-state index contributed by atoms with van der Waals surface area (Å²) >= 11 is 7.03. The topological polar surface area (TPSA) is 18.5 Å². The van der Waals surface area contributed by atoms with Crippen molar-refractivity contribution in [2.24, 2.45) is 0 Å². The van der Waals surface area contributed by atoms with Crippen molar-refractivity contribution in [3.8, 4) is 28.4 Å². The van der Waals surface area contributed by atoms with Crippen molar-refractivity contribution in [3.05, 3.63) is 132 Å². The Morgan fingerprint density at radius 1 is 0.550 bits per heavy atom. The summed E-state index contributed by atoms with van der Waals surface area (Å²) < 4.78 is 13.7. The normalized spacial score (nSPS) is 18.3. The fraction of sp³-hybridized carbons (Fsp3) is 0.0556. The first kappa shape index (κ1) is 22.6. The fourth-order valence-corrected chi connectivity index (χ4v) is 12.1. The van der Waals surface area contributed by atoms with E-state index in [0.29, 0.717) is 0 Å². The van der Waals surface area contributed by atoms with E-state index < -0.39 is 6.04 Å². The van der Waals surface area contributed by atoms with Crippen molar-refractivity contribution >= 4 is 55.3 Å². The lowest BCUT2D eigenvalue weighted by atomic mass is 9.95. The Hall–Kier alpha value is -4.17. The molecule has 2 heterocycles. The number of aryl methyl sites for hydroxylation is 1. The Morgan fingerprint density at radius 2 is 1.23 bits per heavy atom. The average molecular weight is 551 g/mol.